The van der Waals surface area contributed by atoms with Crippen molar-refractivity contribution in [3.63, 3.8) is 0 Å². The Morgan fingerprint density at radius 2 is 1.92 bits per heavy atom. The second kappa shape index (κ2) is 9.97. The number of aryl methyl sites for hydroxylation is 1. The molecule has 2 rings (SSSR count). The molecule has 2 aromatic rings. The smallest absolute Gasteiger partial charge is 0.248 e. The molecule has 0 aliphatic carbocycles. The first-order valence-electron chi connectivity index (χ1n) is 8.78. The lowest BCUT2D eigenvalue weighted by Gasteiger charge is -2.19. The molecule has 1 aromatic carbocycles. The molecule has 0 saturated carbocycles. The topological polar surface area (TPSA) is 86.9 Å². The molecule has 6 nitrogen and oxygen atoms in total. The Hall–Kier alpha value is -2.34. The number of nitrogens with zero attached hydrogens (tertiary/aromatic N) is 1. The minimum Gasteiger partial charge on any atom is -0.344 e. The molecule has 1 unspecified atom stereocenters. The van der Waals surface area contributed by atoms with Crippen molar-refractivity contribution in [1.29, 1.82) is 0 Å². The highest BCUT2D eigenvalue weighted by Gasteiger charge is 2.22. The van der Waals surface area contributed by atoms with Crippen molar-refractivity contribution in [2.75, 3.05) is 5.32 Å². The van der Waals surface area contributed by atoms with Gasteiger partial charge in [-0.05, 0) is 42.9 Å². The zero-order chi connectivity index (χ0) is 18.9. The fourth-order valence-corrected chi connectivity index (χ4v) is 2.74. The molecule has 0 aliphatic heterocycles. The van der Waals surface area contributed by atoms with Gasteiger partial charge < -0.3 is 10.6 Å². The number of anilines is 1. The van der Waals surface area contributed by atoms with Crippen LogP contribution in [0.25, 0.3) is 0 Å². The first kappa shape index (κ1) is 20.0. The quantitative estimate of drug-likeness (QED) is 0.625. The van der Waals surface area contributed by atoms with E-state index < -0.39 is 6.04 Å². The minimum absolute atomic E-state index is 0.121. The third-order valence-electron chi connectivity index (χ3n) is 3.90. The summed E-state index contributed by atoms with van der Waals surface area (Å²) in [5.41, 5.74) is 1.14. The normalized spacial score (nSPS) is 12.0. The molecule has 0 fully saturated rings. The molecule has 140 valence electrons. The molecule has 0 radical (unpaired) electrons. The van der Waals surface area contributed by atoms with Crippen molar-refractivity contribution in [1.82, 2.24) is 15.5 Å². The number of rotatable bonds is 9. The fraction of sp³-hybridized carbons (Fsp3) is 0.421. The maximum absolute atomic E-state index is 12.4. The monoisotopic (exact) mass is 376 g/mol. The Morgan fingerprint density at radius 1 is 1.19 bits per heavy atom. The Morgan fingerprint density at radius 3 is 2.54 bits per heavy atom. The van der Waals surface area contributed by atoms with Crippen molar-refractivity contribution >= 4 is 29.2 Å². The standard InChI is InChI=1S/C19H25ClN4O2/c1-13(2)12-16(19(26)23-17-10-11-21-24-17)22-18(25)5-3-4-14-6-8-15(20)9-7-14/h6-11,13,16H,3-5,12H2,1-2H3,(H,22,25)(H2,21,23,24,26). The summed E-state index contributed by atoms with van der Waals surface area (Å²) >= 11 is 5.87. The van der Waals surface area contributed by atoms with Gasteiger partial charge in [0.2, 0.25) is 11.8 Å². The van der Waals surface area contributed by atoms with Crippen LogP contribution in [0, 0.1) is 5.92 Å². The Labute approximate surface area is 158 Å². The summed E-state index contributed by atoms with van der Waals surface area (Å²) in [6.45, 7) is 4.03. The van der Waals surface area contributed by atoms with Crippen LogP contribution in [0.3, 0.4) is 0 Å². The third-order valence-corrected chi connectivity index (χ3v) is 4.15. The van der Waals surface area contributed by atoms with E-state index in [0.717, 1.165) is 12.0 Å². The van der Waals surface area contributed by atoms with E-state index in [1.807, 2.05) is 38.1 Å². The molecule has 0 spiro atoms. The number of halogens is 1. The summed E-state index contributed by atoms with van der Waals surface area (Å²) in [6.07, 6.45) is 4.00. The van der Waals surface area contributed by atoms with Crippen molar-refractivity contribution in [3.8, 4) is 0 Å². The summed E-state index contributed by atoms with van der Waals surface area (Å²) in [4.78, 5) is 24.7. The summed E-state index contributed by atoms with van der Waals surface area (Å²) in [5.74, 6) is 0.431. The Kier molecular flexibility index (Phi) is 7.66. The van der Waals surface area contributed by atoms with Crippen LogP contribution >= 0.6 is 11.6 Å². The van der Waals surface area contributed by atoms with E-state index >= 15 is 0 Å². The number of carbonyl (C=O) groups excluding carboxylic acids is 2. The van der Waals surface area contributed by atoms with Crippen molar-refractivity contribution < 1.29 is 9.59 Å². The Bertz CT molecular complexity index is 699. The van der Waals surface area contributed by atoms with Crippen molar-refractivity contribution in [2.45, 2.75) is 45.6 Å². The molecule has 1 heterocycles. The van der Waals surface area contributed by atoms with Crippen LogP contribution < -0.4 is 10.6 Å². The van der Waals surface area contributed by atoms with E-state index in [1.165, 1.54) is 0 Å². The molecule has 3 N–H and O–H groups in total. The van der Waals surface area contributed by atoms with Gasteiger partial charge in [-0.15, -0.1) is 0 Å². The summed E-state index contributed by atoms with van der Waals surface area (Å²) in [5, 5.41) is 12.8. The van der Waals surface area contributed by atoms with Crippen LogP contribution in [0.2, 0.25) is 5.02 Å². The zero-order valence-corrected chi connectivity index (χ0v) is 15.8. The predicted octanol–water partition coefficient (Wildman–Crippen LogP) is 3.56. The van der Waals surface area contributed by atoms with Crippen LogP contribution in [0.5, 0.6) is 0 Å². The second-order valence-electron chi connectivity index (χ2n) is 6.69. The average Bonchev–Trinajstić information content (AvgIpc) is 3.08. The van der Waals surface area contributed by atoms with Gasteiger partial charge in [-0.2, -0.15) is 5.10 Å². The van der Waals surface area contributed by atoms with Crippen molar-refractivity contribution in [3.05, 3.63) is 47.1 Å². The maximum Gasteiger partial charge on any atom is 0.248 e. The minimum atomic E-state index is -0.568. The van der Waals surface area contributed by atoms with E-state index in [2.05, 4.69) is 20.8 Å². The number of hydrogen-bond donors (Lipinski definition) is 3. The third kappa shape index (κ3) is 6.88. The lowest BCUT2D eigenvalue weighted by atomic mass is 10.0. The fourth-order valence-electron chi connectivity index (χ4n) is 2.62. The number of H-pyrrole nitrogens is 1. The van der Waals surface area contributed by atoms with Gasteiger partial charge in [0.05, 0.1) is 6.20 Å². The first-order chi connectivity index (χ1) is 12.4. The van der Waals surface area contributed by atoms with E-state index in [0.29, 0.717) is 30.1 Å². The molecule has 1 atom stereocenters. The maximum atomic E-state index is 12.4. The summed E-state index contributed by atoms with van der Waals surface area (Å²) in [7, 11) is 0. The highest BCUT2D eigenvalue weighted by molar-refractivity contribution is 6.30. The van der Waals surface area contributed by atoms with Crippen LogP contribution in [0.4, 0.5) is 5.82 Å². The van der Waals surface area contributed by atoms with Gasteiger partial charge >= 0.3 is 0 Å². The van der Waals surface area contributed by atoms with Gasteiger partial charge in [-0.3, -0.25) is 14.7 Å². The van der Waals surface area contributed by atoms with Gasteiger partial charge in [0, 0.05) is 17.5 Å². The van der Waals surface area contributed by atoms with E-state index in [-0.39, 0.29) is 17.7 Å². The molecular weight excluding hydrogens is 352 g/mol. The molecule has 7 heteroatoms. The molecule has 2 amide bonds. The van der Waals surface area contributed by atoms with E-state index in [1.54, 1.807) is 12.3 Å². The number of carbonyl (C=O) groups is 2. The SMILES string of the molecule is CC(C)CC(NC(=O)CCCc1ccc(Cl)cc1)C(=O)Nc1ccn[nH]1. The highest BCUT2D eigenvalue weighted by atomic mass is 35.5. The zero-order valence-electron chi connectivity index (χ0n) is 15.1. The lowest BCUT2D eigenvalue weighted by molar-refractivity contribution is -0.126. The predicted molar refractivity (Wildman–Crippen MR) is 103 cm³/mol. The van der Waals surface area contributed by atoms with Crippen LogP contribution in [-0.4, -0.2) is 28.1 Å². The van der Waals surface area contributed by atoms with Gasteiger partial charge in [0.15, 0.2) is 0 Å². The van der Waals surface area contributed by atoms with Crippen LogP contribution in [0.15, 0.2) is 36.5 Å². The number of amides is 2. The number of nitrogens with one attached hydrogen (secondary N) is 3. The molecule has 0 saturated heterocycles. The number of aromatic nitrogens is 2. The largest absolute Gasteiger partial charge is 0.344 e. The summed E-state index contributed by atoms with van der Waals surface area (Å²) < 4.78 is 0. The number of hydrogen-bond acceptors (Lipinski definition) is 3. The molecule has 1 aromatic heterocycles. The van der Waals surface area contributed by atoms with Gasteiger partial charge in [-0.1, -0.05) is 37.6 Å². The molecule has 26 heavy (non-hydrogen) atoms. The molecule has 0 aliphatic rings. The highest BCUT2D eigenvalue weighted by Crippen LogP contribution is 2.12. The number of benzene rings is 1. The number of aromatic amines is 1. The molecular formula is C19H25ClN4O2. The van der Waals surface area contributed by atoms with Gasteiger partial charge in [0.1, 0.15) is 11.9 Å². The average molecular weight is 377 g/mol. The lowest BCUT2D eigenvalue weighted by Crippen LogP contribution is -2.44. The van der Waals surface area contributed by atoms with Crippen LogP contribution in [0.1, 0.15) is 38.7 Å². The van der Waals surface area contributed by atoms with Gasteiger partial charge in [-0.25, -0.2) is 0 Å². The van der Waals surface area contributed by atoms with Crippen molar-refractivity contribution in [2.24, 2.45) is 5.92 Å². The van der Waals surface area contributed by atoms with Gasteiger partial charge in [0.25, 0.3) is 0 Å². The van der Waals surface area contributed by atoms with Crippen LogP contribution in [-0.2, 0) is 16.0 Å². The molecule has 0 bridgehead atoms. The summed E-state index contributed by atoms with van der Waals surface area (Å²) in [6, 6.07) is 8.70. The van der Waals surface area contributed by atoms with E-state index in [4.69, 9.17) is 11.6 Å². The Balaban J connectivity index is 1.82. The van der Waals surface area contributed by atoms with E-state index in [9.17, 15) is 9.59 Å². The first-order valence-corrected chi connectivity index (χ1v) is 9.16. The second-order valence-corrected chi connectivity index (χ2v) is 7.13.